The Balaban J connectivity index is 2.30. The number of rotatable bonds is 4. The van der Waals surface area contributed by atoms with Crippen LogP contribution in [0, 0.1) is 0 Å². The molecule has 0 spiro atoms. The molecule has 0 atom stereocenters. The first kappa shape index (κ1) is 14.8. The lowest BCUT2D eigenvalue weighted by Gasteiger charge is -2.17. The van der Waals surface area contributed by atoms with E-state index in [0.29, 0.717) is 12.1 Å². The molecule has 0 fully saturated rings. The van der Waals surface area contributed by atoms with Crippen LogP contribution in [0.4, 0.5) is 11.5 Å². The van der Waals surface area contributed by atoms with E-state index in [4.69, 9.17) is 0 Å². The fourth-order valence-corrected chi connectivity index (χ4v) is 2.09. The van der Waals surface area contributed by atoms with E-state index in [2.05, 4.69) is 10.3 Å². The molecule has 21 heavy (non-hydrogen) atoms. The van der Waals surface area contributed by atoms with Crippen molar-refractivity contribution >= 4 is 11.5 Å². The van der Waals surface area contributed by atoms with Crippen LogP contribution in [0.15, 0.2) is 34.1 Å². The van der Waals surface area contributed by atoms with Crippen molar-refractivity contribution in [2.24, 2.45) is 14.1 Å². The number of pyridine rings is 1. The fourth-order valence-electron chi connectivity index (χ4n) is 2.09. The monoisotopic (exact) mass is 289 g/mol. The summed E-state index contributed by atoms with van der Waals surface area (Å²) in [6, 6.07) is 3.73. The summed E-state index contributed by atoms with van der Waals surface area (Å²) in [6.45, 7) is 0.327. The first-order valence-electron chi connectivity index (χ1n) is 6.53. The SMILES string of the molecule is CN(C)c1ncccc1NCc1cn(C)c(=O)n(C)c1=O. The molecular formula is C14H19N5O2. The normalized spacial score (nSPS) is 10.5. The highest BCUT2D eigenvalue weighted by Crippen LogP contribution is 2.20. The molecule has 2 rings (SSSR count). The Morgan fingerprint density at radius 1 is 1.29 bits per heavy atom. The van der Waals surface area contributed by atoms with Gasteiger partial charge in [0, 0.05) is 47.1 Å². The van der Waals surface area contributed by atoms with Gasteiger partial charge in [-0.3, -0.25) is 9.36 Å². The predicted molar refractivity (Wildman–Crippen MR) is 82.8 cm³/mol. The van der Waals surface area contributed by atoms with E-state index < -0.39 is 0 Å². The molecule has 7 heteroatoms. The van der Waals surface area contributed by atoms with Crippen LogP contribution in [0.25, 0.3) is 0 Å². The third kappa shape index (κ3) is 2.96. The number of anilines is 2. The number of hydrogen-bond acceptors (Lipinski definition) is 5. The first-order chi connectivity index (χ1) is 9.91. The van der Waals surface area contributed by atoms with Gasteiger partial charge < -0.3 is 14.8 Å². The van der Waals surface area contributed by atoms with Crippen molar-refractivity contribution < 1.29 is 0 Å². The molecule has 1 N–H and O–H groups in total. The number of aromatic nitrogens is 3. The second kappa shape index (κ2) is 5.82. The molecule has 0 saturated carbocycles. The van der Waals surface area contributed by atoms with E-state index in [9.17, 15) is 9.59 Å². The molecule has 0 bridgehead atoms. The van der Waals surface area contributed by atoms with E-state index in [1.54, 1.807) is 19.4 Å². The predicted octanol–water partition coefficient (Wildman–Crippen LogP) is 0.157. The van der Waals surface area contributed by atoms with Gasteiger partial charge in [0.15, 0.2) is 5.82 Å². The van der Waals surface area contributed by atoms with Crippen molar-refractivity contribution in [1.29, 1.82) is 0 Å². The van der Waals surface area contributed by atoms with Crippen LogP contribution >= 0.6 is 0 Å². The number of nitrogens with one attached hydrogen (secondary N) is 1. The lowest BCUT2D eigenvalue weighted by Crippen LogP contribution is -2.38. The maximum absolute atomic E-state index is 12.1. The second-order valence-electron chi connectivity index (χ2n) is 5.03. The van der Waals surface area contributed by atoms with E-state index in [1.807, 2.05) is 31.1 Å². The molecule has 0 aromatic carbocycles. The van der Waals surface area contributed by atoms with Gasteiger partial charge in [0.25, 0.3) is 5.56 Å². The van der Waals surface area contributed by atoms with Gasteiger partial charge in [-0.25, -0.2) is 9.78 Å². The molecule has 2 aromatic heterocycles. The summed E-state index contributed by atoms with van der Waals surface area (Å²) in [4.78, 5) is 29.9. The maximum atomic E-state index is 12.1. The van der Waals surface area contributed by atoms with Gasteiger partial charge in [-0.15, -0.1) is 0 Å². The summed E-state index contributed by atoms with van der Waals surface area (Å²) in [5.41, 5.74) is 0.728. The van der Waals surface area contributed by atoms with Crippen molar-refractivity contribution in [3.63, 3.8) is 0 Å². The van der Waals surface area contributed by atoms with Crippen LogP contribution < -0.4 is 21.5 Å². The summed E-state index contributed by atoms with van der Waals surface area (Å²) in [5, 5.41) is 3.19. The topological polar surface area (TPSA) is 72.2 Å². The fraction of sp³-hybridized carbons (Fsp3) is 0.357. The highest BCUT2D eigenvalue weighted by Gasteiger charge is 2.09. The Hall–Kier alpha value is -2.57. The van der Waals surface area contributed by atoms with Gasteiger partial charge in [0.2, 0.25) is 0 Å². The molecule has 0 aliphatic rings. The zero-order chi connectivity index (χ0) is 15.6. The molecule has 0 amide bonds. The van der Waals surface area contributed by atoms with Gasteiger partial charge in [-0.2, -0.15) is 0 Å². The zero-order valence-electron chi connectivity index (χ0n) is 12.6. The lowest BCUT2D eigenvalue weighted by molar-refractivity contribution is 0.671. The number of aryl methyl sites for hydroxylation is 1. The van der Waals surface area contributed by atoms with Gasteiger partial charge in [-0.1, -0.05) is 0 Å². The Kier molecular flexibility index (Phi) is 4.11. The summed E-state index contributed by atoms with van der Waals surface area (Å²) >= 11 is 0. The molecule has 0 saturated heterocycles. The minimum absolute atomic E-state index is 0.291. The zero-order valence-corrected chi connectivity index (χ0v) is 12.6. The summed E-state index contributed by atoms with van der Waals surface area (Å²) in [5.74, 6) is 0.791. The molecule has 2 heterocycles. The van der Waals surface area contributed by atoms with Gasteiger partial charge >= 0.3 is 5.69 Å². The lowest BCUT2D eigenvalue weighted by atomic mass is 10.3. The maximum Gasteiger partial charge on any atom is 0.330 e. The molecular weight excluding hydrogens is 270 g/mol. The van der Waals surface area contributed by atoms with Crippen LogP contribution in [0.1, 0.15) is 5.56 Å². The number of nitrogens with zero attached hydrogens (tertiary/aromatic N) is 4. The second-order valence-corrected chi connectivity index (χ2v) is 5.03. The van der Waals surface area contributed by atoms with Crippen LogP contribution in [0.5, 0.6) is 0 Å². The van der Waals surface area contributed by atoms with E-state index >= 15 is 0 Å². The Morgan fingerprint density at radius 3 is 2.67 bits per heavy atom. The summed E-state index contributed by atoms with van der Waals surface area (Å²) < 4.78 is 2.50. The van der Waals surface area contributed by atoms with E-state index in [-0.39, 0.29) is 11.2 Å². The van der Waals surface area contributed by atoms with Crippen LogP contribution in [0.2, 0.25) is 0 Å². The molecule has 0 aliphatic heterocycles. The Labute approximate surface area is 122 Å². The molecule has 0 unspecified atom stereocenters. The van der Waals surface area contributed by atoms with E-state index in [1.165, 1.54) is 11.6 Å². The minimum Gasteiger partial charge on any atom is -0.378 e. The largest absolute Gasteiger partial charge is 0.378 e. The summed E-state index contributed by atoms with van der Waals surface area (Å²) in [6.07, 6.45) is 3.27. The summed E-state index contributed by atoms with van der Waals surface area (Å²) in [7, 11) is 6.90. The third-order valence-electron chi connectivity index (χ3n) is 3.20. The van der Waals surface area contributed by atoms with Gasteiger partial charge in [-0.05, 0) is 12.1 Å². The minimum atomic E-state index is -0.334. The first-order valence-corrected chi connectivity index (χ1v) is 6.53. The highest BCUT2D eigenvalue weighted by atomic mass is 16.2. The number of hydrogen-bond donors (Lipinski definition) is 1. The molecule has 0 aliphatic carbocycles. The van der Waals surface area contributed by atoms with Crippen molar-refractivity contribution in [3.05, 3.63) is 50.9 Å². The molecule has 2 aromatic rings. The quantitative estimate of drug-likeness (QED) is 0.868. The third-order valence-corrected chi connectivity index (χ3v) is 3.20. The van der Waals surface area contributed by atoms with Gasteiger partial charge in [0.1, 0.15) is 0 Å². The average molecular weight is 289 g/mol. The highest BCUT2D eigenvalue weighted by molar-refractivity contribution is 5.64. The van der Waals surface area contributed by atoms with Gasteiger partial charge in [0.05, 0.1) is 11.3 Å². The van der Waals surface area contributed by atoms with Crippen molar-refractivity contribution in [3.8, 4) is 0 Å². The van der Waals surface area contributed by atoms with E-state index in [0.717, 1.165) is 16.1 Å². The Morgan fingerprint density at radius 2 is 2.00 bits per heavy atom. The molecule has 0 radical (unpaired) electrons. The Bertz CT molecular complexity index is 761. The molecule has 7 nitrogen and oxygen atoms in total. The van der Waals surface area contributed by atoms with Crippen LogP contribution in [-0.2, 0) is 20.6 Å². The van der Waals surface area contributed by atoms with Crippen LogP contribution in [0.3, 0.4) is 0 Å². The standard InChI is InChI=1S/C14H19N5O2/c1-17(2)12-11(6-5-7-15-12)16-8-10-9-18(3)14(21)19(4)13(10)20/h5-7,9,16H,8H2,1-4H3. The molecule has 112 valence electrons. The van der Waals surface area contributed by atoms with Crippen molar-refractivity contribution in [2.75, 3.05) is 24.3 Å². The van der Waals surface area contributed by atoms with Crippen molar-refractivity contribution in [1.82, 2.24) is 14.1 Å². The average Bonchev–Trinajstić information content (AvgIpc) is 2.47. The van der Waals surface area contributed by atoms with Crippen LogP contribution in [-0.4, -0.2) is 28.2 Å². The smallest absolute Gasteiger partial charge is 0.330 e. The van der Waals surface area contributed by atoms with Crippen molar-refractivity contribution in [2.45, 2.75) is 6.54 Å².